The van der Waals surface area contributed by atoms with Crippen LogP contribution in [0.4, 0.5) is 9.59 Å². The Kier molecular flexibility index (Phi) is 8.57. The summed E-state index contributed by atoms with van der Waals surface area (Å²) in [7, 11) is 0. The largest absolute Gasteiger partial charge is 0.508 e. The lowest BCUT2D eigenvalue weighted by molar-refractivity contribution is -0.0401. The van der Waals surface area contributed by atoms with Crippen LogP contribution >= 0.6 is 0 Å². The SMILES string of the molecule is CCCOC(=O)OC[C@@H]1CC[C@@H](COC(=O)OCCC)O1. The summed E-state index contributed by atoms with van der Waals surface area (Å²) in [6.07, 6.45) is 1.29. The van der Waals surface area contributed by atoms with Gasteiger partial charge in [-0.2, -0.15) is 0 Å². The third kappa shape index (κ3) is 7.75. The molecule has 0 unspecified atom stereocenters. The highest BCUT2D eigenvalue weighted by Crippen LogP contribution is 2.20. The first-order chi connectivity index (χ1) is 10.2. The van der Waals surface area contributed by atoms with Gasteiger partial charge in [0.15, 0.2) is 0 Å². The lowest BCUT2D eigenvalue weighted by Crippen LogP contribution is -2.23. The van der Waals surface area contributed by atoms with Crippen molar-refractivity contribution in [3.05, 3.63) is 0 Å². The summed E-state index contributed by atoms with van der Waals surface area (Å²) in [5, 5.41) is 0. The van der Waals surface area contributed by atoms with Gasteiger partial charge in [-0.3, -0.25) is 0 Å². The van der Waals surface area contributed by atoms with Gasteiger partial charge in [0.2, 0.25) is 0 Å². The Morgan fingerprint density at radius 1 is 0.857 bits per heavy atom. The molecule has 0 aromatic rings. The quantitative estimate of drug-likeness (QED) is 0.638. The predicted octanol–water partition coefficient (Wildman–Crippen LogP) is 2.66. The van der Waals surface area contributed by atoms with Gasteiger partial charge in [-0.15, -0.1) is 0 Å². The third-order valence-electron chi connectivity index (χ3n) is 2.82. The summed E-state index contributed by atoms with van der Waals surface area (Å²) >= 11 is 0. The number of rotatable bonds is 8. The van der Waals surface area contributed by atoms with Gasteiger partial charge in [-0.1, -0.05) is 13.8 Å². The van der Waals surface area contributed by atoms with Gasteiger partial charge < -0.3 is 23.7 Å². The van der Waals surface area contributed by atoms with Gasteiger partial charge in [0.1, 0.15) is 13.2 Å². The van der Waals surface area contributed by atoms with E-state index in [0.29, 0.717) is 13.2 Å². The molecule has 0 aromatic heterocycles. The Bertz CT molecular complexity index is 288. The highest BCUT2D eigenvalue weighted by molar-refractivity contribution is 5.60. The van der Waals surface area contributed by atoms with Crippen LogP contribution in [0, 0.1) is 0 Å². The van der Waals surface area contributed by atoms with Crippen molar-refractivity contribution < 1.29 is 33.3 Å². The van der Waals surface area contributed by atoms with E-state index >= 15 is 0 Å². The lowest BCUT2D eigenvalue weighted by atomic mass is 10.2. The van der Waals surface area contributed by atoms with Crippen LogP contribution in [0.3, 0.4) is 0 Å². The maximum Gasteiger partial charge on any atom is 0.508 e. The van der Waals surface area contributed by atoms with Crippen LogP contribution in [0.15, 0.2) is 0 Å². The van der Waals surface area contributed by atoms with Crippen LogP contribution in [-0.4, -0.2) is 50.9 Å². The second-order valence-electron chi connectivity index (χ2n) is 4.78. The van der Waals surface area contributed by atoms with Crippen molar-refractivity contribution in [2.45, 2.75) is 51.7 Å². The third-order valence-corrected chi connectivity index (χ3v) is 2.82. The molecule has 0 N–H and O–H groups in total. The van der Waals surface area contributed by atoms with Gasteiger partial charge in [-0.05, 0) is 25.7 Å². The Morgan fingerprint density at radius 2 is 1.29 bits per heavy atom. The summed E-state index contributed by atoms with van der Waals surface area (Å²) in [4.78, 5) is 22.3. The maximum atomic E-state index is 11.2. The summed E-state index contributed by atoms with van der Waals surface area (Å²) in [6.45, 7) is 4.81. The van der Waals surface area contributed by atoms with Crippen molar-refractivity contribution in [2.75, 3.05) is 26.4 Å². The molecule has 2 atom stereocenters. The van der Waals surface area contributed by atoms with Crippen LogP contribution in [0.2, 0.25) is 0 Å². The molecule has 1 heterocycles. The zero-order chi connectivity index (χ0) is 15.5. The maximum absolute atomic E-state index is 11.2. The molecule has 7 nitrogen and oxygen atoms in total. The molecule has 0 aromatic carbocycles. The Morgan fingerprint density at radius 3 is 1.67 bits per heavy atom. The van der Waals surface area contributed by atoms with E-state index in [4.69, 9.17) is 23.7 Å². The van der Waals surface area contributed by atoms with E-state index in [1.165, 1.54) is 0 Å². The van der Waals surface area contributed by atoms with Crippen molar-refractivity contribution in [1.29, 1.82) is 0 Å². The van der Waals surface area contributed by atoms with Crippen molar-refractivity contribution in [3.8, 4) is 0 Å². The van der Waals surface area contributed by atoms with Gasteiger partial charge in [0.25, 0.3) is 0 Å². The zero-order valence-electron chi connectivity index (χ0n) is 12.7. The molecule has 21 heavy (non-hydrogen) atoms. The molecule has 1 fully saturated rings. The molecule has 7 heteroatoms. The zero-order valence-corrected chi connectivity index (χ0v) is 12.7. The molecule has 1 aliphatic rings. The minimum atomic E-state index is -0.678. The first kappa shape index (κ1) is 17.6. The van der Waals surface area contributed by atoms with Crippen molar-refractivity contribution in [1.82, 2.24) is 0 Å². The normalized spacial score (nSPS) is 20.9. The standard InChI is InChI=1S/C14H24O7/c1-3-7-17-13(15)19-9-11-5-6-12(21-11)10-20-14(16)18-8-4-2/h11-12H,3-10H2,1-2H3/t11-,12-/m0/s1. The van der Waals surface area contributed by atoms with Crippen molar-refractivity contribution in [3.63, 3.8) is 0 Å². The second kappa shape index (κ2) is 10.3. The summed E-state index contributed by atoms with van der Waals surface area (Å²) < 4.78 is 25.1. The average molecular weight is 304 g/mol. The highest BCUT2D eigenvalue weighted by Gasteiger charge is 2.27. The minimum Gasteiger partial charge on any atom is -0.434 e. The lowest BCUT2D eigenvalue weighted by Gasteiger charge is -2.14. The molecule has 0 saturated carbocycles. The van der Waals surface area contributed by atoms with Crippen LogP contribution in [0.1, 0.15) is 39.5 Å². The van der Waals surface area contributed by atoms with E-state index < -0.39 is 12.3 Å². The highest BCUT2D eigenvalue weighted by atomic mass is 16.7. The summed E-state index contributed by atoms with van der Waals surface area (Å²) in [5.41, 5.74) is 0. The van der Waals surface area contributed by atoms with E-state index in [-0.39, 0.29) is 25.4 Å². The molecule has 1 rings (SSSR count). The van der Waals surface area contributed by atoms with E-state index in [1.54, 1.807) is 0 Å². The molecule has 0 bridgehead atoms. The summed E-state index contributed by atoms with van der Waals surface area (Å²) in [5.74, 6) is 0. The number of hydrogen-bond donors (Lipinski definition) is 0. The minimum absolute atomic E-state index is 0.152. The average Bonchev–Trinajstić information content (AvgIpc) is 2.94. The monoisotopic (exact) mass is 304 g/mol. The van der Waals surface area contributed by atoms with Crippen LogP contribution in [0.5, 0.6) is 0 Å². The molecule has 0 spiro atoms. The van der Waals surface area contributed by atoms with Crippen molar-refractivity contribution >= 4 is 12.3 Å². The fourth-order valence-electron chi connectivity index (χ4n) is 1.80. The number of carbonyl (C=O) groups excluding carboxylic acids is 2. The molecule has 1 aliphatic heterocycles. The van der Waals surface area contributed by atoms with Gasteiger partial charge >= 0.3 is 12.3 Å². The first-order valence-corrected chi connectivity index (χ1v) is 7.40. The van der Waals surface area contributed by atoms with E-state index in [2.05, 4.69) is 0 Å². The second-order valence-corrected chi connectivity index (χ2v) is 4.78. The Balaban J connectivity index is 2.09. The van der Waals surface area contributed by atoms with Crippen LogP contribution in [-0.2, 0) is 23.7 Å². The Labute approximate surface area is 124 Å². The molecule has 1 saturated heterocycles. The number of hydrogen-bond acceptors (Lipinski definition) is 7. The molecular formula is C14H24O7. The first-order valence-electron chi connectivity index (χ1n) is 7.40. The van der Waals surface area contributed by atoms with Gasteiger partial charge in [-0.25, -0.2) is 9.59 Å². The Hall–Kier alpha value is -1.50. The van der Waals surface area contributed by atoms with Crippen molar-refractivity contribution in [2.24, 2.45) is 0 Å². The van der Waals surface area contributed by atoms with Crippen LogP contribution < -0.4 is 0 Å². The molecule has 122 valence electrons. The predicted molar refractivity (Wildman–Crippen MR) is 73.1 cm³/mol. The number of carbonyl (C=O) groups is 2. The molecule has 0 amide bonds. The van der Waals surface area contributed by atoms with Gasteiger partial charge in [0, 0.05) is 0 Å². The van der Waals surface area contributed by atoms with E-state index in [0.717, 1.165) is 25.7 Å². The smallest absolute Gasteiger partial charge is 0.434 e. The number of ether oxygens (including phenoxy) is 5. The topological polar surface area (TPSA) is 80.3 Å². The fraction of sp³-hybridized carbons (Fsp3) is 0.857. The van der Waals surface area contributed by atoms with E-state index in [9.17, 15) is 9.59 Å². The molecular weight excluding hydrogens is 280 g/mol. The molecule has 0 aliphatic carbocycles. The fourth-order valence-corrected chi connectivity index (χ4v) is 1.80. The van der Waals surface area contributed by atoms with Crippen LogP contribution in [0.25, 0.3) is 0 Å². The van der Waals surface area contributed by atoms with Gasteiger partial charge in [0.05, 0.1) is 25.4 Å². The summed E-state index contributed by atoms with van der Waals surface area (Å²) in [6, 6.07) is 0. The van der Waals surface area contributed by atoms with E-state index in [1.807, 2.05) is 13.8 Å². The molecule has 0 radical (unpaired) electrons.